The minimum atomic E-state index is -1.05. The number of allylic oxidation sites excluding steroid dienone is 1. The van der Waals surface area contributed by atoms with E-state index in [9.17, 15) is 19.5 Å². The molecular formula is C37H46Cl2N4O6S. The predicted octanol–water partition coefficient (Wildman–Crippen LogP) is 5.73. The summed E-state index contributed by atoms with van der Waals surface area (Å²) in [6.07, 6.45) is 6.61. The highest BCUT2D eigenvalue weighted by atomic mass is 35.5. The lowest BCUT2D eigenvalue weighted by molar-refractivity contribution is -0.137. The van der Waals surface area contributed by atoms with Crippen molar-refractivity contribution < 1.29 is 29.0 Å². The molecule has 10 nitrogen and oxygen atoms in total. The number of halogens is 2. The van der Waals surface area contributed by atoms with Gasteiger partial charge in [0, 0.05) is 77.2 Å². The van der Waals surface area contributed by atoms with Crippen LogP contribution in [0, 0.1) is 17.8 Å². The van der Waals surface area contributed by atoms with E-state index < -0.39 is 23.5 Å². The molecule has 1 aromatic carbocycles. The second-order valence-electron chi connectivity index (χ2n) is 14.1. The van der Waals surface area contributed by atoms with Crippen LogP contribution < -0.4 is 5.32 Å². The number of aromatic nitrogens is 1. The van der Waals surface area contributed by atoms with Crippen molar-refractivity contribution in [2.45, 2.75) is 76.4 Å². The maximum absolute atomic E-state index is 14.1. The number of rotatable bonds is 10. The molecule has 1 saturated heterocycles. The Bertz CT molecular complexity index is 1640. The monoisotopic (exact) mass is 744 g/mol. The molecule has 6 rings (SSSR count). The fraction of sp³-hybridized carbons (Fsp3) is 0.568. The lowest BCUT2D eigenvalue weighted by Crippen LogP contribution is -2.57. The van der Waals surface area contributed by atoms with Crippen molar-refractivity contribution in [1.82, 2.24) is 20.1 Å². The van der Waals surface area contributed by atoms with Gasteiger partial charge in [-0.1, -0.05) is 43.1 Å². The third kappa shape index (κ3) is 6.96. The van der Waals surface area contributed by atoms with E-state index in [0.717, 1.165) is 43.8 Å². The van der Waals surface area contributed by atoms with E-state index in [4.69, 9.17) is 32.7 Å². The molecule has 3 fully saturated rings. The Hall–Kier alpha value is -2.96. The first kappa shape index (κ1) is 36.8. The van der Waals surface area contributed by atoms with E-state index in [0.29, 0.717) is 60.8 Å². The first-order chi connectivity index (χ1) is 24.0. The molecule has 3 atom stereocenters. The quantitative estimate of drug-likeness (QED) is 0.294. The smallest absolute Gasteiger partial charge is 0.336 e. The van der Waals surface area contributed by atoms with Crippen LogP contribution >= 0.6 is 34.5 Å². The Morgan fingerprint density at radius 1 is 0.980 bits per heavy atom. The van der Waals surface area contributed by atoms with Gasteiger partial charge in [-0.15, -0.1) is 11.3 Å². The summed E-state index contributed by atoms with van der Waals surface area (Å²) in [6, 6.07) is 5.39. The summed E-state index contributed by atoms with van der Waals surface area (Å²) in [5.74, 6) is -1.67. The van der Waals surface area contributed by atoms with Gasteiger partial charge in [-0.2, -0.15) is 0 Å². The van der Waals surface area contributed by atoms with E-state index in [2.05, 4.69) is 29.0 Å². The maximum atomic E-state index is 14.1. The molecule has 2 bridgehead atoms. The molecule has 2 saturated carbocycles. The standard InChI is InChI=1S/C37H46Cl2N4O6S/c1-21(2)37(47)22-8-9-23(37)19-24(18-22)42-13-15-43(16-14-42)30(44)20-28-33(36(46)49-4)34(31-25(38)6-5-7-26(31)39)32(35(45)48-3)27(41-28)10-11-29-40-12-17-50-29/h5-7,12,17,21-24,34,41,47H,8-11,13-16,18-20H2,1-4H3. The van der Waals surface area contributed by atoms with Crippen molar-refractivity contribution in [2.24, 2.45) is 17.8 Å². The number of piperazine rings is 1. The third-order valence-electron chi connectivity index (χ3n) is 11.4. The van der Waals surface area contributed by atoms with Gasteiger partial charge in [-0.05, 0) is 62.0 Å². The van der Waals surface area contributed by atoms with Gasteiger partial charge in [0.25, 0.3) is 0 Å². The molecule has 0 radical (unpaired) electrons. The van der Waals surface area contributed by atoms with Crippen molar-refractivity contribution in [3.8, 4) is 0 Å². The molecule has 2 aliphatic heterocycles. The van der Waals surface area contributed by atoms with Crippen LogP contribution in [0.3, 0.4) is 0 Å². The summed E-state index contributed by atoms with van der Waals surface area (Å²) in [6.45, 7) is 6.88. The highest BCUT2D eigenvalue weighted by Gasteiger charge is 2.55. The number of nitrogens with zero attached hydrogens (tertiary/aromatic N) is 3. The number of fused-ring (bicyclic) bond motifs is 2. The zero-order chi connectivity index (χ0) is 35.7. The second kappa shape index (κ2) is 15.3. The third-order valence-corrected chi connectivity index (χ3v) is 12.9. The molecule has 0 spiro atoms. The predicted molar refractivity (Wildman–Crippen MR) is 193 cm³/mol. The number of aryl methyl sites for hydroxylation is 1. The molecular weight excluding hydrogens is 699 g/mol. The highest BCUT2D eigenvalue weighted by Crippen LogP contribution is 2.54. The van der Waals surface area contributed by atoms with Crippen molar-refractivity contribution in [2.75, 3.05) is 40.4 Å². The van der Waals surface area contributed by atoms with Gasteiger partial charge in [0.2, 0.25) is 5.91 Å². The van der Waals surface area contributed by atoms with Crippen LogP contribution in [0.1, 0.15) is 68.9 Å². The summed E-state index contributed by atoms with van der Waals surface area (Å²) >= 11 is 15.0. The van der Waals surface area contributed by atoms with Gasteiger partial charge < -0.3 is 24.8 Å². The van der Waals surface area contributed by atoms with Crippen LogP contribution in [-0.4, -0.2) is 89.8 Å². The van der Waals surface area contributed by atoms with Crippen LogP contribution in [0.25, 0.3) is 0 Å². The van der Waals surface area contributed by atoms with Crippen molar-refractivity contribution >= 4 is 52.4 Å². The second-order valence-corrected chi connectivity index (χ2v) is 15.9. The first-order valence-electron chi connectivity index (χ1n) is 17.4. The van der Waals surface area contributed by atoms with Gasteiger partial charge in [-0.3, -0.25) is 9.69 Å². The SMILES string of the molecule is COC(=O)C1=C(CCc2nccs2)NC(CC(=O)N2CCN(C3CC4CCC(C3)C4(O)C(C)C)CC2)=C(C(=O)OC)C1c1c(Cl)cccc1Cl. The van der Waals surface area contributed by atoms with E-state index in [1.807, 2.05) is 10.3 Å². The number of esters is 2. The number of methoxy groups -OCH3 is 2. The number of benzene rings is 1. The van der Waals surface area contributed by atoms with Crippen molar-refractivity contribution in [3.63, 3.8) is 0 Å². The number of amides is 1. The normalized spacial score (nSPS) is 27.1. The number of hydrogen-bond acceptors (Lipinski definition) is 10. The largest absolute Gasteiger partial charge is 0.466 e. The van der Waals surface area contributed by atoms with Gasteiger partial charge in [-0.25, -0.2) is 14.6 Å². The topological polar surface area (TPSA) is 121 Å². The fourth-order valence-electron chi connectivity index (χ4n) is 8.94. The average molecular weight is 746 g/mol. The molecule has 1 amide bonds. The molecule has 4 aliphatic rings. The van der Waals surface area contributed by atoms with E-state index in [1.165, 1.54) is 25.6 Å². The molecule has 1 aromatic heterocycles. The Balaban J connectivity index is 1.26. The number of ether oxygens (including phenoxy) is 2. The summed E-state index contributed by atoms with van der Waals surface area (Å²) in [5.41, 5.74) is 0.887. The van der Waals surface area contributed by atoms with Crippen LogP contribution in [0.4, 0.5) is 0 Å². The molecule has 2 aromatic rings. The van der Waals surface area contributed by atoms with Crippen LogP contribution in [0.2, 0.25) is 10.0 Å². The zero-order valence-electron chi connectivity index (χ0n) is 29.0. The number of nitrogens with one attached hydrogen (secondary N) is 1. The molecule has 13 heteroatoms. The lowest BCUT2D eigenvalue weighted by atomic mass is 9.67. The summed E-state index contributed by atoms with van der Waals surface area (Å²) < 4.78 is 10.5. The van der Waals surface area contributed by atoms with E-state index >= 15 is 0 Å². The van der Waals surface area contributed by atoms with E-state index in [1.54, 1.807) is 24.4 Å². The Morgan fingerprint density at radius 3 is 2.12 bits per heavy atom. The number of hydrogen-bond donors (Lipinski definition) is 2. The minimum absolute atomic E-state index is 0.0863. The Kier molecular flexibility index (Phi) is 11.3. The molecule has 3 unspecified atom stereocenters. The minimum Gasteiger partial charge on any atom is -0.466 e. The summed E-state index contributed by atoms with van der Waals surface area (Å²) in [4.78, 5) is 50.0. The Labute approximate surface area is 307 Å². The van der Waals surface area contributed by atoms with Crippen LogP contribution in [0.5, 0.6) is 0 Å². The van der Waals surface area contributed by atoms with E-state index in [-0.39, 0.29) is 39.4 Å². The lowest BCUT2D eigenvalue weighted by Gasteiger charge is -2.49. The fourth-order valence-corrected chi connectivity index (χ4v) is 10.2. The molecule has 270 valence electrons. The van der Waals surface area contributed by atoms with Gasteiger partial charge in [0.15, 0.2) is 0 Å². The number of thiazole rings is 1. The van der Waals surface area contributed by atoms with Crippen molar-refractivity contribution in [1.29, 1.82) is 0 Å². The molecule has 50 heavy (non-hydrogen) atoms. The molecule has 3 heterocycles. The molecule has 2 N–H and O–H groups in total. The highest BCUT2D eigenvalue weighted by molar-refractivity contribution is 7.09. The summed E-state index contributed by atoms with van der Waals surface area (Å²) in [5, 5.41) is 18.1. The molecule has 2 aliphatic carbocycles. The van der Waals surface area contributed by atoms with Crippen molar-refractivity contribution in [3.05, 3.63) is 72.9 Å². The van der Waals surface area contributed by atoms with Crippen LogP contribution in [0.15, 0.2) is 52.3 Å². The first-order valence-corrected chi connectivity index (χ1v) is 19.1. The number of carbonyl (C=O) groups is 3. The summed E-state index contributed by atoms with van der Waals surface area (Å²) in [7, 11) is 2.54. The van der Waals surface area contributed by atoms with Gasteiger partial charge in [0.1, 0.15) is 0 Å². The van der Waals surface area contributed by atoms with Crippen LogP contribution in [-0.2, 0) is 30.3 Å². The van der Waals surface area contributed by atoms with Gasteiger partial charge >= 0.3 is 11.9 Å². The van der Waals surface area contributed by atoms with Gasteiger partial charge in [0.05, 0.1) is 48.3 Å². The number of aliphatic hydroxyl groups is 1. The number of carbonyl (C=O) groups excluding carboxylic acids is 3. The maximum Gasteiger partial charge on any atom is 0.336 e. The number of dihydropyridines is 1. The zero-order valence-corrected chi connectivity index (χ0v) is 31.4. The average Bonchev–Trinajstić information content (AvgIpc) is 3.67. The Morgan fingerprint density at radius 2 is 1.58 bits per heavy atom.